The summed E-state index contributed by atoms with van der Waals surface area (Å²) in [6.07, 6.45) is -9.43. The molecule has 1 saturated heterocycles. The molecule has 0 bridgehead atoms. The lowest BCUT2D eigenvalue weighted by Gasteiger charge is -2.17. The fourth-order valence-electron chi connectivity index (χ4n) is 3.09. The molecule has 14 heteroatoms. The van der Waals surface area contributed by atoms with Crippen LogP contribution in [-0.2, 0) is 12.4 Å². The zero-order valence-electron chi connectivity index (χ0n) is 16.5. The summed E-state index contributed by atoms with van der Waals surface area (Å²) in [5.41, 5.74) is -2.65. The van der Waals surface area contributed by atoms with Gasteiger partial charge in [-0.3, -0.25) is 4.98 Å². The van der Waals surface area contributed by atoms with Crippen LogP contribution in [-0.4, -0.2) is 44.2 Å². The molecule has 1 aliphatic rings. The molecule has 0 amide bonds. The van der Waals surface area contributed by atoms with Crippen molar-refractivity contribution in [2.45, 2.75) is 24.9 Å². The normalized spacial score (nSPS) is 16.8. The van der Waals surface area contributed by atoms with Gasteiger partial charge in [0, 0.05) is 18.4 Å². The summed E-state index contributed by atoms with van der Waals surface area (Å²) in [5, 5.41) is 2.57. The van der Waals surface area contributed by atoms with Crippen LogP contribution in [0.5, 0.6) is 0 Å². The van der Waals surface area contributed by atoms with E-state index in [9.17, 15) is 30.7 Å². The predicted octanol–water partition coefficient (Wildman–Crippen LogP) is 4.66. The minimum Gasteiger partial charge on any atom is -0.338 e. The molecule has 174 valence electrons. The number of anilines is 3. The van der Waals surface area contributed by atoms with Gasteiger partial charge < -0.3 is 10.2 Å². The van der Waals surface area contributed by atoms with Gasteiger partial charge in [-0.05, 0) is 30.7 Å². The standard InChI is InChI=1S/C19H14F7N7/c20-10-5-7-33(9-10)17-31-15(12-2-1-3-13(29-12)18(21,22)23)30-16(32-17)28-11-4-6-27-14(8-11)19(24,25)26/h1-4,6,8,10H,5,7,9H2,(H,27,28,30,31,32)/t10-/m1/s1. The Kier molecular flexibility index (Phi) is 5.76. The van der Waals surface area contributed by atoms with Gasteiger partial charge in [0.05, 0.1) is 6.54 Å². The maximum absolute atomic E-state index is 13.7. The van der Waals surface area contributed by atoms with E-state index in [4.69, 9.17) is 0 Å². The van der Waals surface area contributed by atoms with Crippen molar-refractivity contribution >= 4 is 17.6 Å². The van der Waals surface area contributed by atoms with Crippen LogP contribution in [0.1, 0.15) is 17.8 Å². The van der Waals surface area contributed by atoms with Crippen LogP contribution in [0.2, 0.25) is 0 Å². The van der Waals surface area contributed by atoms with Gasteiger partial charge in [0.1, 0.15) is 23.3 Å². The Morgan fingerprint density at radius 3 is 2.33 bits per heavy atom. The third-order valence-electron chi connectivity index (χ3n) is 4.61. The van der Waals surface area contributed by atoms with Crippen molar-refractivity contribution in [1.29, 1.82) is 0 Å². The molecule has 0 aliphatic carbocycles. The molecule has 1 atom stereocenters. The molecule has 0 spiro atoms. The molecule has 0 radical (unpaired) electrons. The number of halogens is 7. The number of hydrogen-bond acceptors (Lipinski definition) is 7. The van der Waals surface area contributed by atoms with Crippen molar-refractivity contribution in [2.75, 3.05) is 23.3 Å². The van der Waals surface area contributed by atoms with E-state index >= 15 is 0 Å². The van der Waals surface area contributed by atoms with Gasteiger partial charge in [0.15, 0.2) is 5.82 Å². The van der Waals surface area contributed by atoms with Gasteiger partial charge >= 0.3 is 12.4 Å². The van der Waals surface area contributed by atoms with E-state index < -0.39 is 29.9 Å². The summed E-state index contributed by atoms with van der Waals surface area (Å²) in [6, 6.07) is 5.09. The second-order valence-corrected chi connectivity index (χ2v) is 7.07. The zero-order valence-corrected chi connectivity index (χ0v) is 16.5. The number of aromatic nitrogens is 5. The molecule has 1 N–H and O–H groups in total. The minimum absolute atomic E-state index is 0.0491. The van der Waals surface area contributed by atoms with Crippen LogP contribution in [0.15, 0.2) is 36.5 Å². The molecule has 0 aromatic carbocycles. The lowest BCUT2D eigenvalue weighted by Crippen LogP contribution is -2.23. The zero-order chi connectivity index (χ0) is 23.8. The van der Waals surface area contributed by atoms with Crippen LogP contribution < -0.4 is 10.2 Å². The fraction of sp³-hybridized carbons (Fsp3) is 0.316. The van der Waals surface area contributed by atoms with Crippen molar-refractivity contribution in [3.8, 4) is 11.5 Å². The molecule has 4 heterocycles. The van der Waals surface area contributed by atoms with Crippen molar-refractivity contribution in [3.63, 3.8) is 0 Å². The summed E-state index contributed by atoms with van der Waals surface area (Å²) in [7, 11) is 0. The molecule has 1 fully saturated rings. The van der Waals surface area contributed by atoms with Crippen LogP contribution in [0.4, 0.5) is 48.3 Å². The van der Waals surface area contributed by atoms with Gasteiger partial charge in [0.25, 0.3) is 0 Å². The molecule has 33 heavy (non-hydrogen) atoms. The SMILES string of the molecule is F[C@@H]1CCN(c2nc(Nc3ccnc(C(F)(F)F)c3)nc(-c3cccc(C(F)(F)F)n3)n2)C1. The summed E-state index contributed by atoms with van der Waals surface area (Å²) in [5.74, 6) is -0.566. The molecular formula is C19H14F7N7. The van der Waals surface area contributed by atoms with E-state index in [1.165, 1.54) is 17.0 Å². The van der Waals surface area contributed by atoms with Gasteiger partial charge in [-0.15, -0.1) is 0 Å². The van der Waals surface area contributed by atoms with Crippen LogP contribution >= 0.6 is 0 Å². The Balaban J connectivity index is 1.75. The Labute approximate surface area is 181 Å². The number of alkyl halides is 7. The van der Waals surface area contributed by atoms with Gasteiger partial charge in [0.2, 0.25) is 11.9 Å². The molecular weight excluding hydrogens is 459 g/mol. The lowest BCUT2D eigenvalue weighted by molar-refractivity contribution is -0.141. The Morgan fingerprint density at radius 2 is 1.67 bits per heavy atom. The molecule has 4 rings (SSSR count). The van der Waals surface area contributed by atoms with Gasteiger partial charge in [-0.2, -0.15) is 41.3 Å². The Morgan fingerprint density at radius 1 is 0.909 bits per heavy atom. The Bertz CT molecular complexity index is 1150. The molecule has 3 aromatic rings. The largest absolute Gasteiger partial charge is 0.433 e. The second-order valence-electron chi connectivity index (χ2n) is 7.07. The highest BCUT2D eigenvalue weighted by Crippen LogP contribution is 2.31. The smallest absolute Gasteiger partial charge is 0.338 e. The average molecular weight is 473 g/mol. The van der Waals surface area contributed by atoms with E-state index in [-0.39, 0.29) is 48.6 Å². The predicted molar refractivity (Wildman–Crippen MR) is 102 cm³/mol. The first-order valence-electron chi connectivity index (χ1n) is 9.49. The highest BCUT2D eigenvalue weighted by atomic mass is 19.4. The summed E-state index contributed by atoms with van der Waals surface area (Å²) < 4.78 is 91.8. The monoisotopic (exact) mass is 473 g/mol. The van der Waals surface area contributed by atoms with E-state index in [0.717, 1.165) is 24.4 Å². The van der Waals surface area contributed by atoms with Crippen molar-refractivity contribution in [1.82, 2.24) is 24.9 Å². The van der Waals surface area contributed by atoms with E-state index in [2.05, 4.69) is 30.2 Å². The van der Waals surface area contributed by atoms with Crippen LogP contribution in [0.25, 0.3) is 11.5 Å². The van der Waals surface area contributed by atoms with Crippen LogP contribution in [0.3, 0.4) is 0 Å². The number of hydrogen-bond donors (Lipinski definition) is 1. The van der Waals surface area contributed by atoms with Crippen molar-refractivity contribution < 1.29 is 30.7 Å². The van der Waals surface area contributed by atoms with Crippen molar-refractivity contribution in [2.24, 2.45) is 0 Å². The quantitative estimate of drug-likeness (QED) is 0.553. The van der Waals surface area contributed by atoms with E-state index in [1.54, 1.807) is 0 Å². The maximum Gasteiger partial charge on any atom is 0.433 e. The molecule has 0 saturated carbocycles. The Hall–Kier alpha value is -3.58. The highest BCUT2D eigenvalue weighted by Gasteiger charge is 2.34. The van der Waals surface area contributed by atoms with Crippen LogP contribution in [0, 0.1) is 0 Å². The highest BCUT2D eigenvalue weighted by molar-refractivity contribution is 5.59. The first-order chi connectivity index (χ1) is 15.5. The second kappa shape index (κ2) is 8.41. The number of rotatable bonds is 4. The van der Waals surface area contributed by atoms with E-state index in [1.807, 2.05) is 0 Å². The summed E-state index contributed by atoms with van der Waals surface area (Å²) >= 11 is 0. The average Bonchev–Trinajstić information content (AvgIpc) is 3.19. The van der Waals surface area contributed by atoms with Crippen molar-refractivity contribution in [3.05, 3.63) is 47.9 Å². The first-order valence-corrected chi connectivity index (χ1v) is 9.49. The molecule has 3 aromatic heterocycles. The minimum atomic E-state index is -4.71. The van der Waals surface area contributed by atoms with Gasteiger partial charge in [-0.25, -0.2) is 9.37 Å². The molecule has 7 nitrogen and oxygen atoms in total. The first kappa shape index (κ1) is 22.6. The van der Waals surface area contributed by atoms with Gasteiger partial charge in [-0.1, -0.05) is 6.07 Å². The number of nitrogens with one attached hydrogen (secondary N) is 1. The van der Waals surface area contributed by atoms with E-state index in [0.29, 0.717) is 0 Å². The fourth-order valence-corrected chi connectivity index (χ4v) is 3.09. The maximum atomic E-state index is 13.7. The molecule has 0 unspecified atom stereocenters. The summed E-state index contributed by atoms with van der Waals surface area (Å²) in [4.78, 5) is 20.5. The summed E-state index contributed by atoms with van der Waals surface area (Å²) in [6.45, 7) is 0.194. The third-order valence-corrected chi connectivity index (χ3v) is 4.61. The molecule has 1 aliphatic heterocycles. The number of nitrogens with zero attached hydrogens (tertiary/aromatic N) is 6. The number of pyridine rings is 2. The lowest BCUT2D eigenvalue weighted by atomic mass is 10.3. The third kappa shape index (κ3) is 5.26. The topological polar surface area (TPSA) is 79.7 Å².